The zero-order valence-corrected chi connectivity index (χ0v) is 9.58. The number of hydrogen-bond donors (Lipinski definition) is 3. The van der Waals surface area contributed by atoms with Gasteiger partial charge in [-0.05, 0) is 22.4 Å². The molecule has 1 aromatic carbocycles. The van der Waals surface area contributed by atoms with Crippen LogP contribution in [0.3, 0.4) is 0 Å². The molecule has 2 rings (SSSR count). The van der Waals surface area contributed by atoms with E-state index < -0.39 is 12.2 Å². The van der Waals surface area contributed by atoms with Gasteiger partial charge < -0.3 is 14.9 Å². The molecule has 2 atom stereocenters. The zero-order chi connectivity index (χ0) is 12.4. The zero-order valence-electron chi connectivity index (χ0n) is 9.58. The van der Waals surface area contributed by atoms with Crippen LogP contribution < -0.4 is 4.74 Å². The van der Waals surface area contributed by atoms with Gasteiger partial charge in [0.05, 0.1) is 13.5 Å². The van der Waals surface area contributed by atoms with Crippen molar-refractivity contribution in [1.29, 1.82) is 0 Å². The standard InChI is InChI=1S/C12H16NO4/c1-17-9-4-2-8(3-5-9)6-10-12(15)11(14)7-13(10)16/h2-5,11-12,14-16H,6-7H2,1H3/q+1/t11-,12-/m0/s1. The molecule has 5 nitrogen and oxygen atoms in total. The second kappa shape index (κ2) is 4.73. The Hall–Kier alpha value is -1.59. The summed E-state index contributed by atoms with van der Waals surface area (Å²) in [5.41, 5.74) is 1.36. The van der Waals surface area contributed by atoms with Crippen LogP contribution in [0.1, 0.15) is 5.56 Å². The number of aliphatic hydroxyl groups is 2. The summed E-state index contributed by atoms with van der Waals surface area (Å²) in [5.74, 6) is 0.756. The van der Waals surface area contributed by atoms with Gasteiger partial charge in [-0.25, -0.2) is 0 Å². The van der Waals surface area contributed by atoms with E-state index in [-0.39, 0.29) is 6.54 Å². The lowest BCUT2D eigenvalue weighted by molar-refractivity contribution is -0.772. The summed E-state index contributed by atoms with van der Waals surface area (Å²) in [6, 6.07) is 7.35. The van der Waals surface area contributed by atoms with Gasteiger partial charge in [0.15, 0.2) is 12.2 Å². The molecule has 1 aromatic rings. The lowest BCUT2D eigenvalue weighted by Gasteiger charge is -2.05. The number of nitrogens with zero attached hydrogens (tertiary/aromatic N) is 1. The molecule has 0 bridgehead atoms. The van der Waals surface area contributed by atoms with Gasteiger partial charge in [0.25, 0.3) is 0 Å². The molecule has 0 aromatic heterocycles. The first-order chi connectivity index (χ1) is 8.11. The summed E-state index contributed by atoms with van der Waals surface area (Å²) in [6.45, 7) is 0.0483. The van der Waals surface area contributed by atoms with Crippen molar-refractivity contribution in [3.05, 3.63) is 29.8 Å². The molecule has 0 fully saturated rings. The molecule has 1 aliphatic heterocycles. The van der Waals surface area contributed by atoms with Crippen LogP contribution in [-0.2, 0) is 6.42 Å². The summed E-state index contributed by atoms with van der Waals surface area (Å²) >= 11 is 0. The van der Waals surface area contributed by atoms with Crippen molar-refractivity contribution in [2.45, 2.75) is 18.6 Å². The van der Waals surface area contributed by atoms with Gasteiger partial charge in [0.1, 0.15) is 5.75 Å². The molecule has 0 amide bonds. The molecule has 17 heavy (non-hydrogen) atoms. The number of β-amino-alcohol motifs (C(OH)–C–C–N with tert-alkyl or cyclic N) is 1. The van der Waals surface area contributed by atoms with Gasteiger partial charge in [-0.2, -0.15) is 0 Å². The molecule has 0 saturated carbocycles. The summed E-state index contributed by atoms with van der Waals surface area (Å²) in [7, 11) is 1.59. The normalized spacial score (nSPS) is 24.2. The van der Waals surface area contributed by atoms with Gasteiger partial charge >= 0.3 is 0 Å². The SMILES string of the molecule is COc1ccc(CC2=[N+](O)C[C@H](O)[C@H]2O)cc1. The van der Waals surface area contributed by atoms with Crippen molar-refractivity contribution in [3.63, 3.8) is 0 Å². The first kappa shape index (κ1) is 11.9. The number of rotatable bonds is 3. The first-order valence-corrected chi connectivity index (χ1v) is 5.43. The van der Waals surface area contributed by atoms with Crippen LogP contribution in [0.25, 0.3) is 0 Å². The Labute approximate surface area is 99.2 Å². The average Bonchev–Trinajstić information content (AvgIpc) is 2.57. The Kier molecular flexibility index (Phi) is 3.31. The quantitative estimate of drug-likeness (QED) is 0.504. The van der Waals surface area contributed by atoms with Crippen molar-refractivity contribution < 1.29 is 24.9 Å². The maximum Gasteiger partial charge on any atom is 0.240 e. The molecule has 0 unspecified atom stereocenters. The molecule has 3 N–H and O–H groups in total. The lowest BCUT2D eigenvalue weighted by atomic mass is 10.0. The van der Waals surface area contributed by atoms with Gasteiger partial charge in [0.2, 0.25) is 12.3 Å². The Bertz CT molecular complexity index is 427. The maximum absolute atomic E-state index is 9.68. The van der Waals surface area contributed by atoms with Crippen LogP contribution in [-0.4, -0.2) is 51.7 Å². The van der Waals surface area contributed by atoms with Crippen LogP contribution in [0.15, 0.2) is 24.3 Å². The van der Waals surface area contributed by atoms with E-state index in [2.05, 4.69) is 0 Å². The van der Waals surface area contributed by atoms with E-state index >= 15 is 0 Å². The fourth-order valence-corrected chi connectivity index (χ4v) is 1.92. The number of aliphatic hydroxyl groups excluding tert-OH is 2. The molecule has 0 spiro atoms. The van der Waals surface area contributed by atoms with E-state index in [9.17, 15) is 15.4 Å². The molecule has 0 saturated heterocycles. The second-order valence-corrected chi connectivity index (χ2v) is 4.11. The second-order valence-electron chi connectivity index (χ2n) is 4.11. The highest BCUT2D eigenvalue weighted by Gasteiger charge is 2.40. The predicted octanol–water partition coefficient (Wildman–Crippen LogP) is -0.184. The summed E-state index contributed by atoms with van der Waals surface area (Å²) < 4.78 is 5.96. The maximum atomic E-state index is 9.68. The highest BCUT2D eigenvalue weighted by Crippen LogP contribution is 2.15. The van der Waals surface area contributed by atoms with Gasteiger partial charge in [0, 0.05) is 0 Å². The minimum absolute atomic E-state index is 0.0483. The lowest BCUT2D eigenvalue weighted by Crippen LogP contribution is -2.30. The van der Waals surface area contributed by atoms with Gasteiger partial charge in [-0.15, -0.1) is 0 Å². The topological polar surface area (TPSA) is 72.9 Å². The molecule has 0 aliphatic carbocycles. The third-order valence-corrected chi connectivity index (χ3v) is 2.94. The smallest absolute Gasteiger partial charge is 0.240 e. The van der Waals surface area contributed by atoms with Crippen LogP contribution in [0.2, 0.25) is 0 Å². The molecular weight excluding hydrogens is 222 g/mol. The molecule has 1 heterocycles. The molecule has 5 heteroatoms. The molecule has 0 radical (unpaired) electrons. The van der Waals surface area contributed by atoms with E-state index in [4.69, 9.17) is 4.74 Å². The van der Waals surface area contributed by atoms with E-state index in [1.54, 1.807) is 7.11 Å². The van der Waals surface area contributed by atoms with Gasteiger partial charge in [-0.3, -0.25) is 5.21 Å². The van der Waals surface area contributed by atoms with Crippen LogP contribution in [0.4, 0.5) is 0 Å². The Balaban J connectivity index is 2.13. The molecule has 1 aliphatic rings. The highest BCUT2D eigenvalue weighted by atomic mass is 16.5. The Morgan fingerprint density at radius 2 is 1.94 bits per heavy atom. The number of hydroxylamine groups is 1. The van der Waals surface area contributed by atoms with Crippen molar-refractivity contribution >= 4 is 5.71 Å². The van der Waals surface area contributed by atoms with Crippen molar-refractivity contribution in [2.24, 2.45) is 0 Å². The Morgan fingerprint density at radius 3 is 2.41 bits per heavy atom. The number of ether oxygens (including phenoxy) is 1. The summed E-state index contributed by atoms with van der Waals surface area (Å²) in [5, 5.41) is 28.6. The predicted molar refractivity (Wildman–Crippen MR) is 60.6 cm³/mol. The van der Waals surface area contributed by atoms with Gasteiger partial charge in [-0.1, -0.05) is 12.1 Å². The van der Waals surface area contributed by atoms with Crippen molar-refractivity contribution in [1.82, 2.24) is 0 Å². The Morgan fingerprint density at radius 1 is 1.29 bits per heavy atom. The number of benzene rings is 1. The number of hydrogen-bond acceptors (Lipinski definition) is 4. The van der Waals surface area contributed by atoms with E-state index in [0.29, 0.717) is 12.1 Å². The molecular formula is C12H16NO4+. The average molecular weight is 238 g/mol. The largest absolute Gasteiger partial charge is 0.497 e. The van der Waals surface area contributed by atoms with E-state index in [0.717, 1.165) is 16.1 Å². The van der Waals surface area contributed by atoms with Crippen LogP contribution in [0.5, 0.6) is 5.75 Å². The van der Waals surface area contributed by atoms with E-state index in [1.165, 1.54) is 0 Å². The monoisotopic (exact) mass is 238 g/mol. The van der Waals surface area contributed by atoms with Crippen LogP contribution in [0, 0.1) is 0 Å². The fourth-order valence-electron chi connectivity index (χ4n) is 1.92. The molecule has 92 valence electrons. The summed E-state index contributed by atoms with van der Waals surface area (Å²) in [6.07, 6.45) is -1.52. The third-order valence-electron chi connectivity index (χ3n) is 2.94. The minimum atomic E-state index is -0.998. The van der Waals surface area contributed by atoms with Crippen molar-refractivity contribution in [3.8, 4) is 5.75 Å². The third kappa shape index (κ3) is 2.40. The van der Waals surface area contributed by atoms with Crippen LogP contribution >= 0.6 is 0 Å². The van der Waals surface area contributed by atoms with E-state index in [1.807, 2.05) is 24.3 Å². The van der Waals surface area contributed by atoms with Crippen molar-refractivity contribution in [2.75, 3.05) is 13.7 Å². The highest BCUT2D eigenvalue weighted by molar-refractivity contribution is 5.87. The number of methoxy groups -OCH3 is 1. The summed E-state index contributed by atoms with van der Waals surface area (Å²) in [4.78, 5) is 0. The fraction of sp³-hybridized carbons (Fsp3) is 0.417. The first-order valence-electron chi connectivity index (χ1n) is 5.43. The minimum Gasteiger partial charge on any atom is -0.497 e.